The molecule has 4 saturated heterocycles. The van der Waals surface area contributed by atoms with Gasteiger partial charge in [0.1, 0.15) is 70.7 Å². The molecule has 472 valence electrons. The minimum absolute atomic E-state index is 0.122. The Kier molecular flexibility index (Phi) is 18.7. The predicted molar refractivity (Wildman–Crippen MR) is 353 cm³/mol. The van der Waals surface area contributed by atoms with Crippen LogP contribution in [-0.4, -0.2) is 136 Å². The molecule has 0 aliphatic carbocycles. The second-order valence-electron chi connectivity index (χ2n) is 23.2. The number of halogens is 4. The Morgan fingerprint density at radius 3 is 1.10 bits per heavy atom. The maximum atomic E-state index is 14.7. The first kappa shape index (κ1) is 63.2. The van der Waals surface area contributed by atoms with E-state index in [0.717, 1.165) is 66.5 Å². The van der Waals surface area contributed by atoms with Gasteiger partial charge in [0.2, 0.25) is 0 Å². The number of hydrogen-bond acceptors (Lipinski definition) is 22. The summed E-state index contributed by atoms with van der Waals surface area (Å²) in [7, 11) is 0. The smallest absolute Gasteiger partial charge is 0.154 e. The summed E-state index contributed by atoms with van der Waals surface area (Å²) in [5.74, 6) is 3.32. The number of thioether (sulfide) groups is 4. The third-order valence-electron chi connectivity index (χ3n) is 17.8. The van der Waals surface area contributed by atoms with Gasteiger partial charge < -0.3 is 30.4 Å². The van der Waals surface area contributed by atoms with Crippen LogP contribution < -0.4 is 11.5 Å². The minimum atomic E-state index is -0.731. The normalized spacial score (nSPS) is 26.7. The van der Waals surface area contributed by atoms with Gasteiger partial charge in [-0.25, -0.2) is 67.4 Å². The van der Waals surface area contributed by atoms with Gasteiger partial charge in [-0.15, -0.1) is 23.5 Å². The topological polar surface area (TPSA) is 242 Å². The first-order valence-electron chi connectivity index (χ1n) is 29.6. The maximum absolute atomic E-state index is 14.7. The third-order valence-corrected chi connectivity index (χ3v) is 21.8. The summed E-state index contributed by atoms with van der Waals surface area (Å²) in [4.78, 5) is 51.1. The zero-order chi connectivity index (χ0) is 63.5. The van der Waals surface area contributed by atoms with Gasteiger partial charge in [-0.1, -0.05) is 47.8 Å². The highest BCUT2D eigenvalue weighted by Crippen LogP contribution is 2.50. The molecule has 0 saturated carbocycles. The molecule has 0 radical (unpaired) electrons. The molecule has 92 heavy (non-hydrogen) atoms. The lowest BCUT2D eigenvalue weighted by molar-refractivity contribution is 0.176. The van der Waals surface area contributed by atoms with E-state index in [1.807, 2.05) is 44.2 Å². The van der Waals surface area contributed by atoms with Gasteiger partial charge in [-0.05, 0) is 84.6 Å². The van der Waals surface area contributed by atoms with Crippen molar-refractivity contribution in [2.75, 3.05) is 75.9 Å². The van der Waals surface area contributed by atoms with Crippen molar-refractivity contribution in [1.82, 2.24) is 39.9 Å². The van der Waals surface area contributed by atoms with Crippen molar-refractivity contribution < 1.29 is 36.5 Å². The summed E-state index contributed by atoms with van der Waals surface area (Å²) in [6.45, 7) is 8.34. The van der Waals surface area contributed by atoms with Gasteiger partial charge in [0.25, 0.3) is 0 Å². The summed E-state index contributed by atoms with van der Waals surface area (Å²) in [6, 6.07) is 20.4. The molecule has 8 aliphatic rings. The molecule has 18 nitrogen and oxygen atoms in total. The van der Waals surface area contributed by atoms with Crippen LogP contribution in [0.5, 0.6) is 0 Å². The number of aromatic nitrogens is 8. The molecule has 8 atom stereocenters. The lowest BCUT2D eigenvalue weighted by Crippen LogP contribution is -2.40. The van der Waals surface area contributed by atoms with Crippen LogP contribution in [0.15, 0.2) is 168 Å². The largest absolute Gasteiger partial charge is 0.379 e. The summed E-state index contributed by atoms with van der Waals surface area (Å²) >= 11 is 6.53. The second kappa shape index (κ2) is 27.2. The van der Waals surface area contributed by atoms with E-state index in [1.165, 1.54) is 61.3 Å². The molecular weight excluding hydrogens is 1260 g/mol. The molecule has 0 bridgehead atoms. The van der Waals surface area contributed by atoms with E-state index in [9.17, 15) is 17.6 Å². The van der Waals surface area contributed by atoms with Crippen LogP contribution in [0.3, 0.4) is 0 Å². The van der Waals surface area contributed by atoms with Crippen molar-refractivity contribution in [2.45, 2.75) is 36.0 Å². The molecule has 0 spiro atoms. The summed E-state index contributed by atoms with van der Waals surface area (Å²) in [6.07, 6.45) is 19.2. The van der Waals surface area contributed by atoms with E-state index < -0.39 is 22.2 Å². The van der Waals surface area contributed by atoms with Crippen LogP contribution in [0.4, 0.5) is 17.6 Å². The van der Waals surface area contributed by atoms with Gasteiger partial charge in [0, 0.05) is 141 Å². The average molecular weight is 1320 g/mol. The van der Waals surface area contributed by atoms with E-state index in [0.29, 0.717) is 102 Å². The van der Waals surface area contributed by atoms with Crippen LogP contribution in [0.2, 0.25) is 0 Å². The predicted octanol–water partition coefficient (Wildman–Crippen LogP) is 11.0. The second-order valence-corrected chi connectivity index (χ2v) is 27.7. The SMILES string of the molecule is CC1=N[C@@]2(c3cc(-c4cncnc4)ccc3F)COC[C@H]2CS1.CC1=N[C@@]2(c3ccc(F)c(-c4cncnc4)c3)COC[C@H]2CS1.NC1=N[C@]2(c3cc(-c4cncnc4)ccc3F)COC[C@@H]2CS1.NC1=N[C@]2(c3ccc(F)c(-c4cncnc4)c3)COC[C@@H]2CS1. The van der Waals surface area contributed by atoms with Crippen molar-refractivity contribution in [1.29, 1.82) is 0 Å². The zero-order valence-corrected chi connectivity index (χ0v) is 53.2. The van der Waals surface area contributed by atoms with Crippen molar-refractivity contribution in [3.63, 3.8) is 0 Å². The minimum Gasteiger partial charge on any atom is -0.379 e. The molecule has 0 amide bonds. The maximum Gasteiger partial charge on any atom is 0.154 e. The van der Waals surface area contributed by atoms with Crippen molar-refractivity contribution in [2.24, 2.45) is 55.1 Å². The molecule has 8 aromatic rings. The van der Waals surface area contributed by atoms with Crippen LogP contribution >= 0.6 is 47.0 Å². The lowest BCUT2D eigenvalue weighted by Gasteiger charge is -2.34. The summed E-state index contributed by atoms with van der Waals surface area (Å²) in [5, 5.41) is 3.08. The number of ether oxygens (including phenoxy) is 4. The Morgan fingerprint density at radius 2 is 0.685 bits per heavy atom. The summed E-state index contributed by atoms with van der Waals surface area (Å²) < 4.78 is 80.6. The van der Waals surface area contributed by atoms with Crippen LogP contribution in [-0.2, 0) is 41.1 Å². The summed E-state index contributed by atoms with van der Waals surface area (Å²) in [5.41, 5.74) is 18.4. The Morgan fingerprint density at radius 1 is 0.370 bits per heavy atom. The highest BCUT2D eigenvalue weighted by molar-refractivity contribution is 8.14. The number of benzene rings is 4. The molecule has 4 aromatic carbocycles. The number of aliphatic imine (C=N–C) groups is 4. The highest BCUT2D eigenvalue weighted by Gasteiger charge is 2.52. The van der Waals surface area contributed by atoms with E-state index in [1.54, 1.807) is 103 Å². The van der Waals surface area contributed by atoms with Gasteiger partial charge in [-0.2, -0.15) is 0 Å². The standard InChI is InChI=1S/2C17H16FN3OS.2C16H15FN4OS/c1-11-21-17(9-22-7-14(17)8-23-11)13-2-3-16(18)15(4-13)12-5-19-10-20-6-12;1-11-21-17(9-22-7-14(17)8-23-11)15-4-12(2-3-16(15)18)13-5-19-10-20-6-13;17-14-2-1-11(3-13(14)10-4-19-9-20-5-10)16-8-22-6-12(16)7-23-15(18)21-16;17-14-2-1-10(11-4-19-9-20-5-11)3-13(14)16-8-22-6-12(16)7-23-15(18)21-16/h2*2-6,10,14H,7-9H2,1H3;2*1-5,9,12H,6-8H2,(H2,18,21)/t14-,17+;14-,17-;12-,16+;12-,16-/m0011/s1. The fourth-order valence-corrected chi connectivity index (χ4v) is 17.0. The van der Waals surface area contributed by atoms with Gasteiger partial charge in [0.05, 0.1) is 62.9 Å². The number of hydrogen-bond donors (Lipinski definition) is 2. The monoisotopic (exact) mass is 1320 g/mol. The molecule has 4 fully saturated rings. The molecule has 4 N–H and O–H groups in total. The molecule has 16 rings (SSSR count). The number of nitrogens with zero attached hydrogens (tertiary/aromatic N) is 12. The molecule has 4 aromatic heterocycles. The van der Waals surface area contributed by atoms with Crippen LogP contribution in [0, 0.1) is 46.9 Å². The number of fused-ring (bicyclic) bond motifs is 4. The molecular formula is C66H62F4N14O4S4. The first-order chi connectivity index (χ1) is 44.8. The molecule has 8 aliphatic heterocycles. The van der Waals surface area contributed by atoms with Crippen LogP contribution in [0.25, 0.3) is 44.5 Å². The molecule has 0 unspecified atom stereocenters. The van der Waals surface area contributed by atoms with Crippen LogP contribution in [0.1, 0.15) is 36.1 Å². The molecule has 26 heteroatoms. The zero-order valence-electron chi connectivity index (χ0n) is 50.0. The van der Waals surface area contributed by atoms with Crippen molar-refractivity contribution in [3.8, 4) is 44.5 Å². The van der Waals surface area contributed by atoms with Crippen molar-refractivity contribution >= 4 is 67.5 Å². The quantitative estimate of drug-likeness (QED) is 0.134. The molecule has 12 heterocycles. The first-order valence-corrected chi connectivity index (χ1v) is 33.6. The number of rotatable bonds is 8. The fraction of sp³-hybridized carbons (Fsp3) is 0.333. The van der Waals surface area contributed by atoms with E-state index in [2.05, 4.69) is 49.9 Å². The third kappa shape index (κ3) is 12.6. The van der Waals surface area contributed by atoms with Gasteiger partial charge >= 0.3 is 0 Å². The van der Waals surface area contributed by atoms with E-state index >= 15 is 0 Å². The number of nitrogens with two attached hydrogens (primary N) is 2. The van der Waals surface area contributed by atoms with Gasteiger partial charge in [0.15, 0.2) is 10.3 Å². The Balaban J connectivity index is 0.000000112. The van der Waals surface area contributed by atoms with E-state index in [4.69, 9.17) is 40.4 Å². The highest BCUT2D eigenvalue weighted by atomic mass is 32.2. The number of amidine groups is 2. The van der Waals surface area contributed by atoms with Gasteiger partial charge in [-0.3, -0.25) is 9.98 Å². The Hall–Kier alpha value is -7.56. The van der Waals surface area contributed by atoms with Crippen molar-refractivity contribution in [3.05, 3.63) is 193 Å². The Labute approximate surface area is 545 Å². The average Bonchev–Trinajstić information content (AvgIpc) is 1.51. The Bertz CT molecular complexity index is 3860. The van der Waals surface area contributed by atoms with E-state index in [-0.39, 0.29) is 41.0 Å². The lowest BCUT2D eigenvalue weighted by atomic mass is 9.80. The fourth-order valence-electron chi connectivity index (χ4n) is 12.9.